The Balaban J connectivity index is 0.000000160. The first-order chi connectivity index (χ1) is 10.2. The fraction of sp³-hybridized carbons (Fsp3) is 0.611. The first kappa shape index (κ1) is 17.3. The molecule has 1 saturated heterocycles. The molecule has 1 fully saturated rings. The third-order valence-electron chi connectivity index (χ3n) is 4.71. The van der Waals surface area contributed by atoms with Gasteiger partial charge in [0.15, 0.2) is 0 Å². The summed E-state index contributed by atoms with van der Waals surface area (Å²) >= 11 is 6.06. The summed E-state index contributed by atoms with van der Waals surface area (Å²) < 4.78 is 0. The zero-order valence-electron chi connectivity index (χ0n) is 14.2. The van der Waals surface area contributed by atoms with Gasteiger partial charge in [-0.25, -0.2) is 0 Å². The molecule has 1 heterocycles. The largest absolute Gasteiger partial charge is 0.347 e. The Morgan fingerprint density at radius 3 is 2.45 bits per heavy atom. The van der Waals surface area contributed by atoms with Crippen molar-refractivity contribution in [2.75, 3.05) is 20.6 Å². The van der Waals surface area contributed by atoms with Crippen LogP contribution >= 0.6 is 11.6 Å². The molecule has 1 aliphatic heterocycles. The second kappa shape index (κ2) is 6.59. The molecule has 0 aromatic heterocycles. The van der Waals surface area contributed by atoms with Crippen molar-refractivity contribution in [1.82, 2.24) is 10.2 Å². The third kappa shape index (κ3) is 3.47. The van der Waals surface area contributed by atoms with Gasteiger partial charge in [0.25, 0.3) is 0 Å². The molecule has 1 aromatic carbocycles. The summed E-state index contributed by atoms with van der Waals surface area (Å²) in [7, 11) is 3.58. The van der Waals surface area contributed by atoms with E-state index in [0.717, 1.165) is 11.6 Å². The quantitative estimate of drug-likeness (QED) is 0.858. The molecule has 4 heteroatoms. The molecule has 0 bridgehead atoms. The van der Waals surface area contributed by atoms with Crippen LogP contribution in [0.25, 0.3) is 0 Å². The molecule has 1 amide bonds. The fourth-order valence-corrected chi connectivity index (χ4v) is 3.54. The first-order valence-corrected chi connectivity index (χ1v) is 8.33. The molecule has 1 N–H and O–H groups in total. The number of carbonyl (C=O) groups is 1. The summed E-state index contributed by atoms with van der Waals surface area (Å²) in [5, 5.41) is 4.08. The average Bonchev–Trinajstić information content (AvgIpc) is 2.81. The Kier molecular flexibility index (Phi) is 5.18. The molecular weight excluding hydrogens is 296 g/mol. The highest BCUT2D eigenvalue weighted by Gasteiger charge is 2.43. The van der Waals surface area contributed by atoms with Crippen molar-refractivity contribution in [3.63, 3.8) is 0 Å². The van der Waals surface area contributed by atoms with E-state index in [4.69, 9.17) is 11.6 Å². The van der Waals surface area contributed by atoms with Gasteiger partial charge in [-0.05, 0) is 36.0 Å². The Morgan fingerprint density at radius 2 is 2.05 bits per heavy atom. The van der Waals surface area contributed by atoms with Gasteiger partial charge in [-0.2, -0.15) is 0 Å². The lowest BCUT2D eigenvalue weighted by Crippen LogP contribution is -2.65. The van der Waals surface area contributed by atoms with Gasteiger partial charge in [0.05, 0.1) is 6.04 Å². The molecule has 3 rings (SSSR count). The average molecular weight is 323 g/mol. The lowest BCUT2D eigenvalue weighted by atomic mass is 9.76. The molecule has 0 saturated carbocycles. The van der Waals surface area contributed by atoms with E-state index in [0.29, 0.717) is 5.92 Å². The molecular formula is C18H27ClN2O. The Hall–Kier alpha value is -1.06. The number of benzene rings is 1. The molecule has 1 aromatic rings. The number of nitrogens with one attached hydrogen (secondary N) is 1. The minimum Gasteiger partial charge on any atom is -0.347 e. The zero-order valence-corrected chi connectivity index (χ0v) is 15.0. The SMILES string of the molecule is CC1CCc2cccc(Cl)c21.CN(C)C(=O)C1NCC1(C)C. The summed E-state index contributed by atoms with van der Waals surface area (Å²) in [5.74, 6) is 0.847. The predicted molar refractivity (Wildman–Crippen MR) is 92.5 cm³/mol. The molecule has 2 unspecified atom stereocenters. The molecule has 0 spiro atoms. The molecule has 2 atom stereocenters. The van der Waals surface area contributed by atoms with Gasteiger partial charge in [0.1, 0.15) is 0 Å². The summed E-state index contributed by atoms with van der Waals surface area (Å²) in [6.07, 6.45) is 2.47. The summed E-state index contributed by atoms with van der Waals surface area (Å²) in [6, 6.07) is 6.24. The van der Waals surface area contributed by atoms with Crippen molar-refractivity contribution in [2.45, 2.75) is 45.6 Å². The van der Waals surface area contributed by atoms with Gasteiger partial charge >= 0.3 is 0 Å². The maximum atomic E-state index is 11.4. The van der Waals surface area contributed by atoms with Crippen LogP contribution < -0.4 is 5.32 Å². The van der Waals surface area contributed by atoms with Gasteiger partial charge < -0.3 is 10.2 Å². The van der Waals surface area contributed by atoms with Crippen LogP contribution in [-0.2, 0) is 11.2 Å². The van der Waals surface area contributed by atoms with Gasteiger partial charge in [-0.15, -0.1) is 0 Å². The number of hydrogen-bond donors (Lipinski definition) is 1. The van der Waals surface area contributed by atoms with Crippen molar-refractivity contribution in [1.29, 1.82) is 0 Å². The summed E-state index contributed by atoms with van der Waals surface area (Å²) in [4.78, 5) is 13.0. The van der Waals surface area contributed by atoms with E-state index in [1.165, 1.54) is 24.0 Å². The van der Waals surface area contributed by atoms with E-state index >= 15 is 0 Å². The van der Waals surface area contributed by atoms with E-state index in [9.17, 15) is 4.79 Å². The number of halogens is 1. The van der Waals surface area contributed by atoms with Crippen LogP contribution in [0.4, 0.5) is 0 Å². The van der Waals surface area contributed by atoms with E-state index in [-0.39, 0.29) is 17.4 Å². The minimum absolute atomic E-state index is 0.0255. The van der Waals surface area contributed by atoms with Crippen LogP contribution in [0.1, 0.15) is 44.2 Å². The highest BCUT2D eigenvalue weighted by molar-refractivity contribution is 6.31. The van der Waals surface area contributed by atoms with Crippen LogP contribution in [0, 0.1) is 5.41 Å². The number of carbonyl (C=O) groups excluding carboxylic acids is 1. The monoisotopic (exact) mass is 322 g/mol. The Bertz CT molecular complexity index is 554. The van der Waals surface area contributed by atoms with Gasteiger partial charge in [-0.3, -0.25) is 4.79 Å². The van der Waals surface area contributed by atoms with Gasteiger partial charge in [0, 0.05) is 31.1 Å². The van der Waals surface area contributed by atoms with E-state index in [1.54, 1.807) is 19.0 Å². The smallest absolute Gasteiger partial charge is 0.239 e. The molecule has 0 radical (unpaired) electrons. The van der Waals surface area contributed by atoms with Crippen molar-refractivity contribution >= 4 is 17.5 Å². The van der Waals surface area contributed by atoms with E-state index in [2.05, 4.69) is 32.2 Å². The van der Waals surface area contributed by atoms with Crippen molar-refractivity contribution < 1.29 is 4.79 Å². The third-order valence-corrected chi connectivity index (χ3v) is 5.04. The Labute approximate surface area is 139 Å². The van der Waals surface area contributed by atoms with Crippen LogP contribution in [0.2, 0.25) is 5.02 Å². The molecule has 22 heavy (non-hydrogen) atoms. The predicted octanol–water partition coefficient (Wildman–Crippen LogP) is 3.46. The summed E-state index contributed by atoms with van der Waals surface area (Å²) in [6.45, 7) is 7.40. The van der Waals surface area contributed by atoms with Gasteiger partial charge in [-0.1, -0.05) is 44.5 Å². The molecule has 3 nitrogen and oxygen atoms in total. The van der Waals surface area contributed by atoms with Gasteiger partial charge in [0.2, 0.25) is 5.91 Å². The topological polar surface area (TPSA) is 32.3 Å². The number of likely N-dealkylation sites (N-methyl/N-ethyl adjacent to an activating group) is 1. The fourth-order valence-electron chi connectivity index (χ4n) is 3.16. The van der Waals surface area contributed by atoms with Crippen LogP contribution in [0.15, 0.2) is 18.2 Å². The number of rotatable bonds is 1. The number of hydrogen-bond acceptors (Lipinski definition) is 2. The van der Waals surface area contributed by atoms with E-state index < -0.39 is 0 Å². The number of amides is 1. The lowest BCUT2D eigenvalue weighted by Gasteiger charge is -2.45. The summed E-state index contributed by atoms with van der Waals surface area (Å²) in [5.41, 5.74) is 2.97. The van der Waals surface area contributed by atoms with Crippen molar-refractivity contribution in [3.05, 3.63) is 34.3 Å². The molecule has 122 valence electrons. The van der Waals surface area contributed by atoms with Crippen molar-refractivity contribution in [2.24, 2.45) is 5.41 Å². The van der Waals surface area contributed by atoms with E-state index in [1.807, 2.05) is 12.1 Å². The standard InChI is InChI=1S/C10H11Cl.C8H16N2O/c1-7-5-6-8-3-2-4-9(11)10(7)8;1-8(2)5-9-6(8)7(11)10(3)4/h2-4,7H,5-6H2,1H3;6,9H,5H2,1-4H3. The van der Waals surface area contributed by atoms with Crippen LogP contribution in [0.5, 0.6) is 0 Å². The van der Waals surface area contributed by atoms with Crippen molar-refractivity contribution in [3.8, 4) is 0 Å². The highest BCUT2D eigenvalue weighted by Crippen LogP contribution is 2.37. The minimum atomic E-state index is 0.0255. The number of aryl methyl sites for hydroxylation is 1. The first-order valence-electron chi connectivity index (χ1n) is 7.96. The normalized spacial score (nSPS) is 24.6. The Morgan fingerprint density at radius 1 is 1.36 bits per heavy atom. The lowest BCUT2D eigenvalue weighted by molar-refractivity contribution is -0.137. The zero-order chi connectivity index (χ0) is 16.5. The maximum Gasteiger partial charge on any atom is 0.239 e. The molecule has 2 aliphatic rings. The second-order valence-corrected chi connectivity index (χ2v) is 7.69. The number of fused-ring (bicyclic) bond motifs is 1. The van der Waals surface area contributed by atoms with Crippen LogP contribution in [0.3, 0.4) is 0 Å². The second-order valence-electron chi connectivity index (χ2n) is 7.29. The van der Waals surface area contributed by atoms with Crippen LogP contribution in [-0.4, -0.2) is 37.5 Å². The maximum absolute atomic E-state index is 11.4. The molecule has 1 aliphatic carbocycles. The number of nitrogens with zero attached hydrogens (tertiary/aromatic N) is 1. The highest BCUT2D eigenvalue weighted by atomic mass is 35.5.